The molecule has 1 atom stereocenters. The van der Waals surface area contributed by atoms with Gasteiger partial charge >= 0.3 is 12.1 Å². The molecule has 0 bridgehead atoms. The molecule has 0 fully saturated rings. The summed E-state index contributed by atoms with van der Waals surface area (Å²) in [7, 11) is 0. The number of hydrogen-bond donors (Lipinski definition) is 2. The number of carboxylic acid groups (broad SMARTS) is 1. The summed E-state index contributed by atoms with van der Waals surface area (Å²) < 4.78 is 35.3. The Bertz CT molecular complexity index is 263. The van der Waals surface area contributed by atoms with Crippen LogP contribution < -0.4 is 5.32 Å². The summed E-state index contributed by atoms with van der Waals surface area (Å²) >= 11 is 0. The molecule has 0 aromatic carbocycles. The van der Waals surface area contributed by atoms with Crippen LogP contribution in [0.1, 0.15) is 26.7 Å². The Hall–Kier alpha value is -1.27. The lowest BCUT2D eigenvalue weighted by Gasteiger charge is -2.18. The Balaban J connectivity index is 4.17. The molecule has 4 nitrogen and oxygen atoms in total. The summed E-state index contributed by atoms with van der Waals surface area (Å²) in [5.74, 6) is -2.54. The molecule has 0 spiro atoms. The van der Waals surface area contributed by atoms with E-state index < -0.39 is 36.9 Å². The zero-order chi connectivity index (χ0) is 12.9. The fourth-order valence-electron chi connectivity index (χ4n) is 1.01. The van der Waals surface area contributed by atoms with Crippen molar-refractivity contribution in [1.82, 2.24) is 5.32 Å². The van der Waals surface area contributed by atoms with E-state index in [4.69, 9.17) is 5.11 Å². The van der Waals surface area contributed by atoms with Crippen molar-refractivity contribution >= 4 is 11.9 Å². The molecule has 0 radical (unpaired) electrons. The zero-order valence-corrected chi connectivity index (χ0v) is 8.97. The molecule has 16 heavy (non-hydrogen) atoms. The Morgan fingerprint density at radius 3 is 2.12 bits per heavy atom. The van der Waals surface area contributed by atoms with Gasteiger partial charge in [-0.1, -0.05) is 13.8 Å². The van der Waals surface area contributed by atoms with Gasteiger partial charge in [-0.15, -0.1) is 0 Å². The van der Waals surface area contributed by atoms with Crippen molar-refractivity contribution in [3.05, 3.63) is 0 Å². The Morgan fingerprint density at radius 2 is 1.81 bits per heavy atom. The van der Waals surface area contributed by atoms with E-state index in [0.29, 0.717) is 0 Å². The summed E-state index contributed by atoms with van der Waals surface area (Å²) in [5.41, 5.74) is 0. The first-order valence-corrected chi connectivity index (χ1v) is 4.72. The van der Waals surface area contributed by atoms with Crippen LogP contribution in [-0.2, 0) is 9.59 Å². The number of halogens is 3. The second-order valence-corrected chi connectivity index (χ2v) is 3.74. The molecule has 7 heteroatoms. The van der Waals surface area contributed by atoms with E-state index in [9.17, 15) is 22.8 Å². The number of aliphatic carboxylic acids is 1. The van der Waals surface area contributed by atoms with Gasteiger partial charge in [-0.05, 0) is 5.92 Å². The number of alkyl halides is 3. The van der Waals surface area contributed by atoms with Crippen LogP contribution in [0.3, 0.4) is 0 Å². The van der Waals surface area contributed by atoms with Crippen LogP contribution in [0.4, 0.5) is 13.2 Å². The first kappa shape index (κ1) is 14.7. The molecule has 0 aliphatic carbocycles. The Kier molecular flexibility index (Phi) is 5.26. The van der Waals surface area contributed by atoms with Crippen molar-refractivity contribution in [1.29, 1.82) is 0 Å². The first-order chi connectivity index (χ1) is 7.13. The highest BCUT2D eigenvalue weighted by molar-refractivity contribution is 5.83. The fourth-order valence-corrected chi connectivity index (χ4v) is 1.01. The molecular weight excluding hydrogens is 227 g/mol. The Morgan fingerprint density at radius 1 is 1.31 bits per heavy atom. The minimum Gasteiger partial charge on any atom is -0.480 e. The largest absolute Gasteiger partial charge is 0.480 e. The maximum Gasteiger partial charge on any atom is 0.389 e. The van der Waals surface area contributed by atoms with Gasteiger partial charge in [0, 0.05) is 6.42 Å². The normalized spacial score (nSPS) is 13.6. The molecule has 0 saturated heterocycles. The SMILES string of the molecule is CC(C)[C@H](NC(=O)CCC(F)(F)F)C(=O)O. The van der Waals surface area contributed by atoms with Gasteiger partial charge in [-0.2, -0.15) is 13.2 Å². The molecule has 0 saturated carbocycles. The number of rotatable bonds is 5. The number of amides is 1. The number of carbonyl (C=O) groups excluding carboxylic acids is 1. The van der Waals surface area contributed by atoms with Crippen LogP contribution >= 0.6 is 0 Å². The predicted octanol–water partition coefficient (Wildman–Crippen LogP) is 1.55. The van der Waals surface area contributed by atoms with Crippen LogP contribution in [0.2, 0.25) is 0 Å². The number of hydrogen-bond acceptors (Lipinski definition) is 2. The highest BCUT2D eigenvalue weighted by Gasteiger charge is 2.29. The van der Waals surface area contributed by atoms with Crippen LogP contribution in [0.5, 0.6) is 0 Å². The molecular formula is C9H14F3NO3. The molecule has 2 N–H and O–H groups in total. The van der Waals surface area contributed by atoms with Gasteiger partial charge in [0.2, 0.25) is 5.91 Å². The third-order valence-electron chi connectivity index (χ3n) is 1.88. The monoisotopic (exact) mass is 241 g/mol. The average Bonchev–Trinajstić information content (AvgIpc) is 2.08. The van der Waals surface area contributed by atoms with Crippen LogP contribution in [0.15, 0.2) is 0 Å². The molecule has 0 aromatic rings. The minimum atomic E-state index is -4.41. The molecule has 0 aliphatic heterocycles. The molecule has 94 valence electrons. The highest BCUT2D eigenvalue weighted by atomic mass is 19.4. The fraction of sp³-hybridized carbons (Fsp3) is 0.778. The quantitative estimate of drug-likeness (QED) is 0.767. The summed E-state index contributed by atoms with van der Waals surface area (Å²) in [6, 6.07) is -1.15. The van der Waals surface area contributed by atoms with Gasteiger partial charge in [0.05, 0.1) is 6.42 Å². The second-order valence-electron chi connectivity index (χ2n) is 3.74. The van der Waals surface area contributed by atoms with Gasteiger partial charge in [0.15, 0.2) is 0 Å². The molecule has 0 heterocycles. The van der Waals surface area contributed by atoms with Gasteiger partial charge in [-0.25, -0.2) is 4.79 Å². The smallest absolute Gasteiger partial charge is 0.389 e. The minimum absolute atomic E-state index is 0.382. The Labute approximate surface area is 90.8 Å². The second kappa shape index (κ2) is 5.72. The molecule has 0 aromatic heterocycles. The molecule has 0 rings (SSSR count). The van der Waals surface area contributed by atoms with Gasteiger partial charge in [-0.3, -0.25) is 4.79 Å². The maximum atomic E-state index is 11.8. The van der Waals surface area contributed by atoms with Crippen LogP contribution in [0, 0.1) is 5.92 Å². The topological polar surface area (TPSA) is 66.4 Å². The maximum absolute atomic E-state index is 11.8. The molecule has 0 aliphatic rings. The number of carbonyl (C=O) groups is 2. The van der Waals surface area contributed by atoms with E-state index in [1.807, 2.05) is 0 Å². The van der Waals surface area contributed by atoms with E-state index in [0.717, 1.165) is 0 Å². The van der Waals surface area contributed by atoms with Crippen molar-refractivity contribution < 1.29 is 27.9 Å². The van der Waals surface area contributed by atoms with Crippen LogP contribution in [-0.4, -0.2) is 29.2 Å². The lowest BCUT2D eigenvalue weighted by atomic mass is 10.0. The lowest BCUT2D eigenvalue weighted by Crippen LogP contribution is -2.44. The van der Waals surface area contributed by atoms with Crippen molar-refractivity contribution in [2.75, 3.05) is 0 Å². The van der Waals surface area contributed by atoms with Gasteiger partial charge in [0.1, 0.15) is 6.04 Å². The molecule has 0 unspecified atom stereocenters. The van der Waals surface area contributed by atoms with Crippen LogP contribution in [0.25, 0.3) is 0 Å². The third kappa shape index (κ3) is 6.26. The van der Waals surface area contributed by atoms with Gasteiger partial charge in [0.25, 0.3) is 0 Å². The number of nitrogens with one attached hydrogen (secondary N) is 1. The summed E-state index contributed by atoms with van der Waals surface area (Å²) in [6.07, 6.45) is -6.41. The first-order valence-electron chi connectivity index (χ1n) is 4.72. The van der Waals surface area contributed by atoms with E-state index in [1.165, 1.54) is 0 Å². The summed E-state index contributed by atoms with van der Waals surface area (Å²) in [5, 5.41) is 10.7. The lowest BCUT2D eigenvalue weighted by molar-refractivity contribution is -0.147. The van der Waals surface area contributed by atoms with Crippen molar-refractivity contribution in [3.8, 4) is 0 Å². The summed E-state index contributed by atoms with van der Waals surface area (Å²) in [4.78, 5) is 21.7. The van der Waals surface area contributed by atoms with Crippen molar-refractivity contribution in [3.63, 3.8) is 0 Å². The van der Waals surface area contributed by atoms with E-state index in [2.05, 4.69) is 5.32 Å². The predicted molar refractivity (Wildman–Crippen MR) is 49.7 cm³/mol. The van der Waals surface area contributed by atoms with E-state index in [-0.39, 0.29) is 5.92 Å². The van der Waals surface area contributed by atoms with Crippen molar-refractivity contribution in [2.45, 2.75) is 38.9 Å². The van der Waals surface area contributed by atoms with Gasteiger partial charge < -0.3 is 10.4 Å². The van der Waals surface area contributed by atoms with E-state index >= 15 is 0 Å². The standard InChI is InChI=1S/C9H14F3NO3/c1-5(2)7(8(15)16)13-6(14)3-4-9(10,11)12/h5,7H,3-4H2,1-2H3,(H,13,14)(H,15,16)/t7-/m0/s1. The average molecular weight is 241 g/mol. The number of carboxylic acids is 1. The highest BCUT2D eigenvalue weighted by Crippen LogP contribution is 2.21. The third-order valence-corrected chi connectivity index (χ3v) is 1.88. The van der Waals surface area contributed by atoms with E-state index in [1.54, 1.807) is 13.8 Å². The zero-order valence-electron chi connectivity index (χ0n) is 8.97. The summed E-state index contributed by atoms with van der Waals surface area (Å²) in [6.45, 7) is 3.12. The van der Waals surface area contributed by atoms with Crippen molar-refractivity contribution in [2.24, 2.45) is 5.92 Å². The molecule has 1 amide bonds.